The smallest absolute Gasteiger partial charge is 0.303 e. The van der Waals surface area contributed by atoms with Gasteiger partial charge in [-0.25, -0.2) is 0 Å². The Bertz CT molecular complexity index is 1880. The van der Waals surface area contributed by atoms with Gasteiger partial charge in [0.1, 0.15) is 24.6 Å². The van der Waals surface area contributed by atoms with Crippen LogP contribution in [0.1, 0.15) is 75.7 Å². The van der Waals surface area contributed by atoms with E-state index in [1.165, 1.54) is 20.8 Å². The number of aromatic hydroxyl groups is 1. The van der Waals surface area contributed by atoms with Crippen LogP contribution in [0.15, 0.2) is 77.7 Å². The minimum Gasteiger partial charge on any atom is -0.508 e. The highest BCUT2D eigenvalue weighted by atomic mass is 32.2. The molecular formula is C42H49NO13S2. The molecule has 3 N–H and O–H groups in total. The van der Waals surface area contributed by atoms with Crippen LogP contribution in [0.2, 0.25) is 0 Å². The van der Waals surface area contributed by atoms with Gasteiger partial charge in [0.25, 0.3) is 0 Å². The molecule has 0 aromatic heterocycles. The van der Waals surface area contributed by atoms with Crippen molar-refractivity contribution in [2.45, 2.75) is 108 Å². The number of nitrogens with one attached hydrogen (secondary N) is 1. The first-order valence-electron chi connectivity index (χ1n) is 18.8. The van der Waals surface area contributed by atoms with E-state index in [-0.39, 0.29) is 43.5 Å². The molecular weight excluding hydrogens is 791 g/mol. The summed E-state index contributed by atoms with van der Waals surface area (Å²) in [5.74, 6) is -1.88. The maximum Gasteiger partial charge on any atom is 0.303 e. The summed E-state index contributed by atoms with van der Waals surface area (Å²) in [5, 5.41) is 22.5. The summed E-state index contributed by atoms with van der Waals surface area (Å²) >= 11 is 7.32. The van der Waals surface area contributed by atoms with Crippen molar-refractivity contribution in [2.75, 3.05) is 12.4 Å². The average Bonchev–Trinajstić information content (AvgIpc) is 3.18. The minimum atomic E-state index is -1.28. The molecule has 2 aliphatic rings. The molecule has 0 bridgehead atoms. The molecule has 5 rings (SSSR count). The van der Waals surface area contributed by atoms with Crippen molar-refractivity contribution in [3.8, 4) is 5.75 Å². The summed E-state index contributed by atoms with van der Waals surface area (Å²) in [4.78, 5) is 49.5. The molecule has 58 heavy (non-hydrogen) atoms. The van der Waals surface area contributed by atoms with Crippen molar-refractivity contribution < 1.29 is 62.5 Å². The molecule has 16 heteroatoms. The van der Waals surface area contributed by atoms with Crippen molar-refractivity contribution in [1.82, 2.24) is 5.32 Å². The molecule has 0 spiro atoms. The summed E-state index contributed by atoms with van der Waals surface area (Å²) in [6.45, 7) is 6.75. The Kier molecular flexibility index (Phi) is 16.0. The number of carbonyl (C=O) groups excluding carboxylic acids is 4. The summed E-state index contributed by atoms with van der Waals surface area (Å²) in [6.07, 6.45) is -6.91. The third kappa shape index (κ3) is 12.5. The van der Waals surface area contributed by atoms with Gasteiger partial charge in [0, 0.05) is 62.8 Å². The fourth-order valence-corrected chi connectivity index (χ4v) is 8.06. The van der Waals surface area contributed by atoms with E-state index in [0.717, 1.165) is 34.1 Å². The zero-order valence-corrected chi connectivity index (χ0v) is 34.5. The molecule has 0 aliphatic carbocycles. The van der Waals surface area contributed by atoms with Gasteiger partial charge in [-0.1, -0.05) is 67.7 Å². The predicted molar refractivity (Wildman–Crippen MR) is 214 cm³/mol. The summed E-state index contributed by atoms with van der Waals surface area (Å²) in [7, 11) is 0. The highest BCUT2D eigenvalue weighted by Crippen LogP contribution is 2.43. The van der Waals surface area contributed by atoms with E-state index < -0.39 is 60.7 Å². The van der Waals surface area contributed by atoms with Crippen LogP contribution in [0.25, 0.3) is 0 Å². The number of thiocarbonyl (C=S) groups is 1. The first kappa shape index (κ1) is 44.5. The maximum absolute atomic E-state index is 12.2. The van der Waals surface area contributed by atoms with Gasteiger partial charge in [0.05, 0.1) is 23.8 Å². The van der Waals surface area contributed by atoms with Crippen molar-refractivity contribution in [1.29, 1.82) is 0 Å². The number of rotatable bonds is 15. The van der Waals surface area contributed by atoms with Crippen LogP contribution in [0.4, 0.5) is 0 Å². The highest BCUT2D eigenvalue weighted by molar-refractivity contribution is 7.99. The normalized spacial score (nSPS) is 25.5. The van der Waals surface area contributed by atoms with Crippen LogP contribution in [-0.2, 0) is 65.5 Å². The fourth-order valence-electron chi connectivity index (χ4n) is 6.76. The van der Waals surface area contributed by atoms with Gasteiger partial charge in [-0.15, -0.1) is 11.8 Å². The molecule has 2 saturated heterocycles. The van der Waals surface area contributed by atoms with Gasteiger partial charge in [-0.05, 0) is 41.0 Å². The van der Waals surface area contributed by atoms with Crippen LogP contribution < -0.4 is 5.32 Å². The molecule has 9 unspecified atom stereocenters. The first-order valence-corrected chi connectivity index (χ1v) is 20.2. The van der Waals surface area contributed by atoms with Crippen molar-refractivity contribution in [3.63, 3.8) is 0 Å². The Morgan fingerprint density at radius 1 is 0.707 bits per heavy atom. The number of phenolic OH excluding ortho intramolecular Hbond substituents is 1. The number of carbonyl (C=O) groups is 4. The largest absolute Gasteiger partial charge is 0.508 e. The molecule has 14 nitrogen and oxygen atoms in total. The number of ether oxygens (including phenoxy) is 7. The Hall–Kier alpha value is -4.58. The third-order valence-electron chi connectivity index (χ3n) is 9.59. The van der Waals surface area contributed by atoms with E-state index >= 15 is 0 Å². The molecule has 9 atom stereocenters. The van der Waals surface area contributed by atoms with Gasteiger partial charge in [0.15, 0.2) is 24.6 Å². The Morgan fingerprint density at radius 3 is 1.86 bits per heavy atom. The van der Waals surface area contributed by atoms with E-state index in [1.54, 1.807) is 23.9 Å². The number of aliphatic hydroxyl groups excluding tert-OH is 1. The van der Waals surface area contributed by atoms with Crippen molar-refractivity contribution in [2.24, 2.45) is 5.92 Å². The molecule has 3 aromatic carbocycles. The molecule has 0 saturated carbocycles. The minimum absolute atomic E-state index is 0.00675. The zero-order valence-electron chi connectivity index (χ0n) is 32.9. The van der Waals surface area contributed by atoms with E-state index in [0.29, 0.717) is 17.3 Å². The van der Waals surface area contributed by atoms with E-state index in [4.69, 9.17) is 45.4 Å². The molecule has 0 amide bonds. The lowest BCUT2D eigenvalue weighted by atomic mass is 9.91. The van der Waals surface area contributed by atoms with E-state index in [2.05, 4.69) is 12.2 Å². The number of hydrogen-bond acceptors (Lipinski definition) is 15. The van der Waals surface area contributed by atoms with Gasteiger partial charge >= 0.3 is 23.9 Å². The number of aliphatic hydroxyl groups is 1. The average molecular weight is 840 g/mol. The van der Waals surface area contributed by atoms with Gasteiger partial charge in [-0.3, -0.25) is 19.2 Å². The van der Waals surface area contributed by atoms with E-state index in [9.17, 15) is 29.4 Å². The maximum atomic E-state index is 12.2. The van der Waals surface area contributed by atoms with Gasteiger partial charge < -0.3 is 48.7 Å². The lowest BCUT2D eigenvalue weighted by Gasteiger charge is -2.44. The van der Waals surface area contributed by atoms with Crippen LogP contribution >= 0.6 is 24.0 Å². The van der Waals surface area contributed by atoms with Crippen LogP contribution in [0.5, 0.6) is 5.75 Å². The molecule has 2 aliphatic heterocycles. The second-order valence-electron chi connectivity index (χ2n) is 14.1. The summed E-state index contributed by atoms with van der Waals surface area (Å²) in [6, 6.07) is 22.5. The van der Waals surface area contributed by atoms with Crippen LogP contribution in [0, 0.1) is 5.92 Å². The standard InChI is InChI=1S/C42H49NO13S2/c1-23-36(22-58-33-16-14-32(49)15-17-33)55-42(56-38(23)30-10-8-29(20-44)9-11-30)31-12-6-28(7-13-31)19-43-37(57)18-34-39(51-25(3)46)41(53-27(5)48)40(52-26(4)47)35(54-34)21-50-24(2)45/h6-17,23,34-36,38-42,44,49H,18-22H2,1-5H3,(H,43,57). The third-order valence-corrected chi connectivity index (χ3v) is 11.0. The number of esters is 4. The van der Waals surface area contributed by atoms with Gasteiger partial charge in [-0.2, -0.15) is 0 Å². The first-order chi connectivity index (χ1) is 27.7. The van der Waals surface area contributed by atoms with E-state index in [1.807, 2.05) is 60.7 Å². The van der Waals surface area contributed by atoms with Crippen molar-refractivity contribution >= 4 is 52.8 Å². The Morgan fingerprint density at radius 2 is 1.28 bits per heavy atom. The lowest BCUT2D eigenvalue weighted by Crippen LogP contribution is -2.62. The van der Waals surface area contributed by atoms with Crippen LogP contribution in [0.3, 0.4) is 0 Å². The number of phenols is 1. The summed E-state index contributed by atoms with van der Waals surface area (Å²) < 4.78 is 41.1. The number of hydrogen-bond donors (Lipinski definition) is 3. The predicted octanol–water partition coefficient (Wildman–Crippen LogP) is 5.40. The zero-order chi connectivity index (χ0) is 41.9. The van der Waals surface area contributed by atoms with Gasteiger partial charge in [0.2, 0.25) is 0 Å². The molecule has 0 radical (unpaired) electrons. The number of thioether (sulfide) groups is 1. The second-order valence-corrected chi connectivity index (χ2v) is 15.7. The topological polar surface area (TPSA) is 185 Å². The molecule has 3 aromatic rings. The monoisotopic (exact) mass is 839 g/mol. The Balaban J connectivity index is 1.28. The lowest BCUT2D eigenvalue weighted by molar-refractivity contribution is -0.268. The Labute approximate surface area is 346 Å². The SMILES string of the molecule is CC(=O)OCC1OC(CC(=S)NCc2ccc(C3OC(CSc4ccc(O)cc4)C(C)C(c4ccc(CO)cc4)O3)cc2)C(OC(C)=O)C(OC(C)=O)C1OC(C)=O. The highest BCUT2D eigenvalue weighted by Gasteiger charge is 2.52. The molecule has 2 fully saturated rings. The fraction of sp³-hybridized carbons (Fsp3) is 0.452. The molecule has 312 valence electrons. The second kappa shape index (κ2) is 20.9. The number of benzene rings is 3. The van der Waals surface area contributed by atoms with Crippen LogP contribution in [-0.4, -0.2) is 88.1 Å². The van der Waals surface area contributed by atoms with Crippen molar-refractivity contribution in [3.05, 3.63) is 95.1 Å². The summed E-state index contributed by atoms with van der Waals surface area (Å²) in [5.41, 5.74) is 3.48. The molecule has 2 heterocycles. The quantitative estimate of drug-likeness (QED) is 0.0764.